The summed E-state index contributed by atoms with van der Waals surface area (Å²) < 4.78 is 2.79. The monoisotopic (exact) mass is 346 g/mol. The number of amides is 2. The predicted molar refractivity (Wildman–Crippen MR) is 90.7 cm³/mol. The Morgan fingerprint density at radius 3 is 2.52 bits per heavy atom. The Hall–Kier alpha value is -2.97. The minimum atomic E-state index is -0.591. The van der Waals surface area contributed by atoms with Crippen molar-refractivity contribution >= 4 is 11.8 Å². The quantitative estimate of drug-likeness (QED) is 0.732. The molecule has 0 saturated carbocycles. The van der Waals surface area contributed by atoms with Gasteiger partial charge in [-0.1, -0.05) is 13.3 Å². The summed E-state index contributed by atoms with van der Waals surface area (Å²) in [6.45, 7) is 6.11. The summed E-state index contributed by atoms with van der Waals surface area (Å²) >= 11 is 0. The van der Waals surface area contributed by atoms with Gasteiger partial charge in [-0.3, -0.25) is 29.9 Å². The van der Waals surface area contributed by atoms with Gasteiger partial charge in [-0.25, -0.2) is 4.68 Å². The van der Waals surface area contributed by atoms with Gasteiger partial charge in [0.2, 0.25) is 0 Å². The maximum absolute atomic E-state index is 12.1. The van der Waals surface area contributed by atoms with Crippen LogP contribution in [0.1, 0.15) is 41.6 Å². The number of aryl methyl sites for hydroxylation is 3. The maximum Gasteiger partial charge on any atom is 0.290 e. The third-order valence-electron chi connectivity index (χ3n) is 3.53. The molecular formula is C16H22N6O3. The Morgan fingerprint density at radius 1 is 1.12 bits per heavy atom. The van der Waals surface area contributed by atoms with Gasteiger partial charge in [0.15, 0.2) is 5.69 Å². The van der Waals surface area contributed by atoms with Crippen LogP contribution in [0.2, 0.25) is 0 Å². The molecule has 2 rings (SSSR count). The summed E-state index contributed by atoms with van der Waals surface area (Å²) in [5.74, 6) is -1.01. The summed E-state index contributed by atoms with van der Waals surface area (Å²) in [4.78, 5) is 35.7. The molecule has 0 atom stereocenters. The van der Waals surface area contributed by atoms with Crippen LogP contribution in [0.15, 0.2) is 23.0 Å². The lowest BCUT2D eigenvalue weighted by Crippen LogP contribution is -2.44. The highest BCUT2D eigenvalue weighted by Gasteiger charge is 2.12. The van der Waals surface area contributed by atoms with Crippen LogP contribution in [-0.2, 0) is 17.9 Å². The molecule has 0 saturated heterocycles. The molecule has 0 aromatic carbocycles. The fraction of sp³-hybridized carbons (Fsp3) is 0.438. The molecule has 0 spiro atoms. The molecule has 0 aliphatic heterocycles. The molecular weight excluding hydrogens is 324 g/mol. The van der Waals surface area contributed by atoms with E-state index in [9.17, 15) is 14.4 Å². The fourth-order valence-electron chi connectivity index (χ4n) is 2.24. The van der Waals surface area contributed by atoms with Crippen LogP contribution in [0.25, 0.3) is 0 Å². The van der Waals surface area contributed by atoms with E-state index in [-0.39, 0.29) is 17.8 Å². The van der Waals surface area contributed by atoms with Crippen molar-refractivity contribution in [2.75, 3.05) is 0 Å². The molecule has 0 aliphatic carbocycles. The first-order valence-electron chi connectivity index (χ1n) is 8.09. The molecule has 9 heteroatoms. The van der Waals surface area contributed by atoms with Gasteiger partial charge < -0.3 is 0 Å². The molecule has 2 aromatic heterocycles. The Morgan fingerprint density at radius 2 is 1.88 bits per heavy atom. The Bertz CT molecular complexity index is 824. The Kier molecular flexibility index (Phi) is 6.04. The molecule has 2 aromatic rings. The van der Waals surface area contributed by atoms with Gasteiger partial charge in [0, 0.05) is 18.3 Å². The highest BCUT2D eigenvalue weighted by atomic mass is 16.2. The van der Waals surface area contributed by atoms with E-state index in [0.29, 0.717) is 6.54 Å². The maximum atomic E-state index is 12.1. The molecule has 9 nitrogen and oxygen atoms in total. The van der Waals surface area contributed by atoms with Gasteiger partial charge in [0.1, 0.15) is 6.54 Å². The minimum absolute atomic E-state index is 0.0105. The van der Waals surface area contributed by atoms with Crippen molar-refractivity contribution < 1.29 is 9.59 Å². The van der Waals surface area contributed by atoms with E-state index < -0.39 is 11.8 Å². The average Bonchev–Trinajstić information content (AvgIpc) is 2.89. The first-order valence-corrected chi connectivity index (χ1v) is 8.09. The standard InChI is InChI=1S/C16H22N6O3/c1-4-5-8-21-15(24)7-6-13(20-21)16(25)18-17-14(23)10-22-12(3)9-11(2)19-22/h6-7,9H,4-5,8,10H2,1-3H3,(H,17,23)(H,18,25). The average molecular weight is 346 g/mol. The van der Waals surface area contributed by atoms with Gasteiger partial charge in [-0.2, -0.15) is 10.2 Å². The van der Waals surface area contributed by atoms with Crippen LogP contribution < -0.4 is 16.4 Å². The topological polar surface area (TPSA) is 111 Å². The molecule has 0 bridgehead atoms. The number of hydrazine groups is 1. The number of carbonyl (C=O) groups excluding carboxylic acids is 2. The zero-order valence-corrected chi connectivity index (χ0v) is 14.6. The molecule has 0 fully saturated rings. The number of carbonyl (C=O) groups is 2. The molecule has 0 radical (unpaired) electrons. The van der Waals surface area contributed by atoms with Crippen molar-refractivity contribution in [3.05, 3.63) is 45.6 Å². The van der Waals surface area contributed by atoms with E-state index in [1.165, 1.54) is 16.8 Å². The molecule has 2 heterocycles. The van der Waals surface area contributed by atoms with Crippen LogP contribution >= 0.6 is 0 Å². The first-order chi connectivity index (χ1) is 11.9. The number of hydrogen-bond donors (Lipinski definition) is 2. The van der Waals surface area contributed by atoms with E-state index in [4.69, 9.17) is 0 Å². The SMILES string of the molecule is CCCCn1nc(C(=O)NNC(=O)Cn2nc(C)cc2C)ccc1=O. The number of hydrogen-bond acceptors (Lipinski definition) is 5. The molecule has 2 N–H and O–H groups in total. The number of unbranched alkanes of at least 4 members (excludes halogenated alkanes) is 1. The van der Waals surface area contributed by atoms with Gasteiger partial charge in [0.05, 0.1) is 5.69 Å². The van der Waals surface area contributed by atoms with E-state index in [2.05, 4.69) is 21.0 Å². The first kappa shape index (κ1) is 18.4. The number of nitrogens with zero attached hydrogens (tertiary/aromatic N) is 4. The zero-order chi connectivity index (χ0) is 18.4. The second kappa shape index (κ2) is 8.22. The molecule has 25 heavy (non-hydrogen) atoms. The summed E-state index contributed by atoms with van der Waals surface area (Å²) in [5.41, 5.74) is 6.06. The van der Waals surface area contributed by atoms with E-state index in [1.54, 1.807) is 4.68 Å². The molecule has 0 unspecified atom stereocenters. The van der Waals surface area contributed by atoms with Gasteiger partial charge >= 0.3 is 0 Å². The zero-order valence-electron chi connectivity index (χ0n) is 14.6. The third kappa shape index (κ3) is 5.00. The van der Waals surface area contributed by atoms with Crippen LogP contribution in [0.5, 0.6) is 0 Å². The summed E-state index contributed by atoms with van der Waals surface area (Å²) in [6, 6.07) is 4.47. The second-order valence-corrected chi connectivity index (χ2v) is 5.72. The highest BCUT2D eigenvalue weighted by molar-refractivity contribution is 5.93. The Balaban J connectivity index is 1.94. The number of nitrogens with one attached hydrogen (secondary N) is 2. The third-order valence-corrected chi connectivity index (χ3v) is 3.53. The van der Waals surface area contributed by atoms with Crippen molar-refractivity contribution in [3.63, 3.8) is 0 Å². The number of rotatable bonds is 6. The molecule has 0 aliphatic rings. The Labute approximate surface area is 145 Å². The normalized spacial score (nSPS) is 10.5. The van der Waals surface area contributed by atoms with Crippen molar-refractivity contribution in [1.29, 1.82) is 0 Å². The van der Waals surface area contributed by atoms with Crippen LogP contribution in [0, 0.1) is 13.8 Å². The van der Waals surface area contributed by atoms with E-state index in [0.717, 1.165) is 24.2 Å². The molecule has 2 amide bonds. The summed E-state index contributed by atoms with van der Waals surface area (Å²) in [5, 5.41) is 8.19. The predicted octanol–water partition coefficient (Wildman–Crippen LogP) is 0.318. The van der Waals surface area contributed by atoms with Crippen molar-refractivity contribution in [1.82, 2.24) is 30.4 Å². The van der Waals surface area contributed by atoms with Crippen LogP contribution in [0.3, 0.4) is 0 Å². The highest BCUT2D eigenvalue weighted by Crippen LogP contribution is 2.00. The van der Waals surface area contributed by atoms with Gasteiger partial charge in [-0.15, -0.1) is 0 Å². The summed E-state index contributed by atoms with van der Waals surface area (Å²) in [7, 11) is 0. The fourth-order valence-corrected chi connectivity index (χ4v) is 2.24. The van der Waals surface area contributed by atoms with Crippen molar-refractivity contribution in [3.8, 4) is 0 Å². The van der Waals surface area contributed by atoms with E-state index in [1.807, 2.05) is 26.8 Å². The molecule has 134 valence electrons. The lowest BCUT2D eigenvalue weighted by Gasteiger charge is -2.09. The van der Waals surface area contributed by atoms with Gasteiger partial charge in [-0.05, 0) is 32.4 Å². The number of aromatic nitrogens is 4. The van der Waals surface area contributed by atoms with Crippen molar-refractivity contribution in [2.45, 2.75) is 46.7 Å². The van der Waals surface area contributed by atoms with Gasteiger partial charge in [0.25, 0.3) is 17.4 Å². The second-order valence-electron chi connectivity index (χ2n) is 5.72. The van der Waals surface area contributed by atoms with Crippen molar-refractivity contribution in [2.24, 2.45) is 0 Å². The van der Waals surface area contributed by atoms with Crippen LogP contribution in [-0.4, -0.2) is 31.4 Å². The van der Waals surface area contributed by atoms with E-state index >= 15 is 0 Å². The lowest BCUT2D eigenvalue weighted by molar-refractivity contribution is -0.122. The summed E-state index contributed by atoms with van der Waals surface area (Å²) in [6.07, 6.45) is 1.70. The lowest BCUT2D eigenvalue weighted by atomic mass is 10.3. The van der Waals surface area contributed by atoms with Crippen LogP contribution in [0.4, 0.5) is 0 Å². The largest absolute Gasteiger partial charge is 0.290 e. The smallest absolute Gasteiger partial charge is 0.271 e. The minimum Gasteiger partial charge on any atom is -0.271 e.